The molecular weight excluding hydrogens is 1000 g/mol. The van der Waals surface area contributed by atoms with Gasteiger partial charge in [-0.25, -0.2) is 33.6 Å². The number of carbonyl (C=O) groups excluding carboxylic acids is 8. The van der Waals surface area contributed by atoms with Crippen molar-refractivity contribution in [3.63, 3.8) is 0 Å². The molecule has 2 saturated carbocycles. The molecule has 3 N–H and O–H groups in total. The molecule has 0 heterocycles. The Morgan fingerprint density at radius 2 is 0.776 bits per heavy atom. The number of carboxylic acids is 3. The van der Waals surface area contributed by atoms with Gasteiger partial charge in [0.1, 0.15) is 52.9 Å². The number of ether oxygens (including phenoxy) is 8. The Morgan fingerprint density at radius 3 is 1.13 bits per heavy atom. The Balaban J connectivity index is 0.000000508. The molecule has 22 heteroatoms. The van der Waals surface area contributed by atoms with Crippen LogP contribution in [-0.4, -0.2) is 134 Å². The third kappa shape index (κ3) is 25.5. The standard InChI is InChI=1S/C14H20O6.C14H14O6.C13H18O6.C13H14O4/c2*1-9(2)13(17)19-7-8-20-14(18)11-6-4-3-5-10(11)12(15)16;1-2-11(14)18-7-8-19-13(17)10-6-4-3-5-9(10)12(15)16;1-3-12(14)16-8-9-17-13(15)11-7-5-4-6-10(11)2/h10-11H,1,3-8H2,2H3,(H,15,16);3-6H,1,7-8H2,2H3,(H,15,16);2,9-10H,1,3-8H2,(H,15,16);3-7H,1,8-9H2,2H3. The van der Waals surface area contributed by atoms with Crippen LogP contribution >= 0.6 is 0 Å². The van der Waals surface area contributed by atoms with Crippen LogP contribution in [0.3, 0.4) is 0 Å². The van der Waals surface area contributed by atoms with Crippen molar-refractivity contribution in [3.8, 4) is 0 Å². The van der Waals surface area contributed by atoms with Crippen molar-refractivity contribution < 1.29 is 106 Å². The number of benzene rings is 2. The molecule has 4 atom stereocenters. The van der Waals surface area contributed by atoms with Crippen LogP contribution in [0.5, 0.6) is 0 Å². The Hall–Kier alpha value is -8.43. The summed E-state index contributed by atoms with van der Waals surface area (Å²) in [5.74, 6) is -10.2. The van der Waals surface area contributed by atoms with E-state index in [1.165, 1.54) is 38.1 Å². The Kier molecular flexibility index (Phi) is 31.5. The lowest BCUT2D eigenvalue weighted by atomic mass is 9.79. The van der Waals surface area contributed by atoms with Crippen LogP contribution in [0.25, 0.3) is 0 Å². The van der Waals surface area contributed by atoms with Gasteiger partial charge >= 0.3 is 65.7 Å². The van der Waals surface area contributed by atoms with E-state index >= 15 is 0 Å². The molecule has 2 aromatic rings. The highest BCUT2D eigenvalue weighted by Gasteiger charge is 2.38. The highest BCUT2D eigenvalue weighted by atomic mass is 16.6. The summed E-state index contributed by atoms with van der Waals surface area (Å²) in [5, 5.41) is 27.1. The molecule has 2 aliphatic carbocycles. The molecule has 76 heavy (non-hydrogen) atoms. The molecule has 0 aromatic heterocycles. The van der Waals surface area contributed by atoms with Crippen LogP contribution < -0.4 is 0 Å². The van der Waals surface area contributed by atoms with Gasteiger partial charge < -0.3 is 53.2 Å². The fraction of sp³-hybridized carbons (Fsp3) is 0.426. The maximum Gasteiger partial charge on any atom is 0.339 e. The van der Waals surface area contributed by atoms with E-state index in [2.05, 4.69) is 35.8 Å². The first kappa shape index (κ1) is 65.6. The van der Waals surface area contributed by atoms with Crippen LogP contribution in [0.4, 0.5) is 0 Å². The van der Waals surface area contributed by atoms with Crippen LogP contribution in [0.1, 0.15) is 102 Å². The van der Waals surface area contributed by atoms with E-state index < -0.39 is 89.3 Å². The molecule has 0 bridgehead atoms. The number of aromatic carboxylic acids is 1. The number of aryl methyl sites for hydroxylation is 1. The van der Waals surface area contributed by atoms with Crippen molar-refractivity contribution in [2.24, 2.45) is 23.7 Å². The first-order valence-electron chi connectivity index (χ1n) is 23.8. The summed E-state index contributed by atoms with van der Waals surface area (Å²) in [4.78, 5) is 124. The van der Waals surface area contributed by atoms with Crippen molar-refractivity contribution in [1.82, 2.24) is 0 Å². The van der Waals surface area contributed by atoms with Gasteiger partial charge in [0.05, 0.1) is 40.4 Å². The lowest BCUT2D eigenvalue weighted by Crippen LogP contribution is -2.34. The minimum absolute atomic E-state index is 0.0302. The van der Waals surface area contributed by atoms with E-state index in [1.807, 2.05) is 19.1 Å². The minimum Gasteiger partial charge on any atom is -0.481 e. The second-order valence-electron chi connectivity index (χ2n) is 16.5. The molecule has 22 nitrogen and oxygen atoms in total. The summed E-state index contributed by atoms with van der Waals surface area (Å²) in [6, 6.07) is 12.8. The largest absolute Gasteiger partial charge is 0.481 e. The summed E-state index contributed by atoms with van der Waals surface area (Å²) >= 11 is 0. The first-order chi connectivity index (χ1) is 36.1. The average molecular weight is 1070 g/mol. The molecule has 4 unspecified atom stereocenters. The Morgan fingerprint density at radius 1 is 0.461 bits per heavy atom. The van der Waals surface area contributed by atoms with E-state index in [4.69, 9.17) is 43.7 Å². The summed E-state index contributed by atoms with van der Waals surface area (Å²) in [6.45, 7) is 17.7. The van der Waals surface area contributed by atoms with Crippen molar-refractivity contribution >= 4 is 65.7 Å². The molecule has 0 aliphatic heterocycles. The lowest BCUT2D eigenvalue weighted by Gasteiger charge is -2.26. The van der Waals surface area contributed by atoms with Gasteiger partial charge in [-0.05, 0) is 70.2 Å². The predicted octanol–water partition coefficient (Wildman–Crippen LogP) is 6.23. The summed E-state index contributed by atoms with van der Waals surface area (Å²) in [5.41, 5.74) is 1.69. The fourth-order valence-electron chi connectivity index (χ4n) is 6.91. The Bertz CT molecular complexity index is 2380. The Labute approximate surface area is 439 Å². The number of rotatable bonds is 23. The predicted molar refractivity (Wildman–Crippen MR) is 267 cm³/mol. The SMILES string of the molecule is C=C(C)C(=O)OCCOC(=O)C1CCCCC1C(=O)O.C=C(C)C(=O)OCCOC(=O)c1ccccc1C(=O)O.C=CC(=O)OCCOC(=O)C1CCCCC1C(=O)O.C=CC(=O)OCCOC(=O)c1ccccc1C. The first-order valence-corrected chi connectivity index (χ1v) is 23.8. The summed E-state index contributed by atoms with van der Waals surface area (Å²) < 4.78 is 38.6. The molecule has 2 aliphatic rings. The van der Waals surface area contributed by atoms with Gasteiger partial charge in [0.25, 0.3) is 0 Å². The second-order valence-corrected chi connectivity index (χ2v) is 16.5. The highest BCUT2D eigenvalue weighted by molar-refractivity contribution is 6.02. The van der Waals surface area contributed by atoms with Crippen LogP contribution in [0.2, 0.25) is 0 Å². The average Bonchev–Trinajstić information content (AvgIpc) is 3.41. The molecule has 0 spiro atoms. The molecule has 2 fully saturated rings. The molecule has 2 aromatic carbocycles. The number of hydrogen-bond acceptors (Lipinski definition) is 19. The van der Waals surface area contributed by atoms with Crippen molar-refractivity contribution in [2.75, 3.05) is 52.9 Å². The van der Waals surface area contributed by atoms with Crippen molar-refractivity contribution in [3.05, 3.63) is 120 Å². The molecule has 0 amide bonds. The number of esters is 8. The van der Waals surface area contributed by atoms with E-state index in [9.17, 15) is 52.7 Å². The summed E-state index contributed by atoms with van der Waals surface area (Å²) in [6.07, 6.45) is 7.42. The topological polar surface area (TPSA) is 322 Å². The van der Waals surface area contributed by atoms with Gasteiger partial charge in [-0.15, -0.1) is 0 Å². The van der Waals surface area contributed by atoms with Crippen LogP contribution in [0, 0.1) is 30.6 Å². The third-order valence-electron chi connectivity index (χ3n) is 10.8. The number of hydrogen-bond donors (Lipinski definition) is 3. The summed E-state index contributed by atoms with van der Waals surface area (Å²) in [7, 11) is 0. The molecule has 414 valence electrons. The number of carboxylic acid groups (broad SMARTS) is 3. The third-order valence-corrected chi connectivity index (χ3v) is 10.8. The molecule has 0 saturated heterocycles. The zero-order chi connectivity index (χ0) is 57.2. The van der Waals surface area contributed by atoms with Gasteiger partial charge in [-0.2, -0.15) is 0 Å². The normalized spacial score (nSPS) is 16.0. The van der Waals surface area contributed by atoms with Gasteiger partial charge in [0.15, 0.2) is 0 Å². The van der Waals surface area contributed by atoms with Gasteiger partial charge in [0, 0.05) is 23.3 Å². The maximum atomic E-state index is 11.8. The number of carbonyl (C=O) groups is 11. The minimum atomic E-state index is -1.22. The molecule has 4 rings (SSSR count). The van der Waals surface area contributed by atoms with E-state index in [0.717, 1.165) is 43.4 Å². The fourth-order valence-corrected chi connectivity index (χ4v) is 6.91. The van der Waals surface area contributed by atoms with E-state index in [-0.39, 0.29) is 75.1 Å². The van der Waals surface area contributed by atoms with E-state index in [1.54, 1.807) is 12.1 Å². The lowest BCUT2D eigenvalue weighted by molar-refractivity contribution is -0.161. The van der Waals surface area contributed by atoms with Crippen molar-refractivity contribution in [1.29, 1.82) is 0 Å². The zero-order valence-corrected chi connectivity index (χ0v) is 42.8. The zero-order valence-electron chi connectivity index (χ0n) is 42.8. The number of aliphatic carboxylic acids is 2. The van der Waals surface area contributed by atoms with Gasteiger partial charge in [0.2, 0.25) is 0 Å². The smallest absolute Gasteiger partial charge is 0.339 e. The highest BCUT2D eigenvalue weighted by Crippen LogP contribution is 2.32. The van der Waals surface area contributed by atoms with Crippen LogP contribution in [-0.2, 0) is 76.3 Å². The van der Waals surface area contributed by atoms with Gasteiger partial charge in [-0.1, -0.05) is 82.3 Å². The van der Waals surface area contributed by atoms with Crippen LogP contribution in [0.15, 0.2) is 98.1 Å². The molecular formula is C54H66O22. The second kappa shape index (κ2) is 36.5. The van der Waals surface area contributed by atoms with E-state index in [0.29, 0.717) is 31.2 Å². The van der Waals surface area contributed by atoms with Gasteiger partial charge in [-0.3, -0.25) is 19.2 Å². The quantitative estimate of drug-likeness (QED) is 0.0480. The molecule has 0 radical (unpaired) electrons. The van der Waals surface area contributed by atoms with Crippen molar-refractivity contribution in [2.45, 2.75) is 72.1 Å². The maximum absolute atomic E-state index is 11.8. The monoisotopic (exact) mass is 1070 g/mol.